The van der Waals surface area contributed by atoms with E-state index in [0.717, 1.165) is 4.47 Å². The van der Waals surface area contributed by atoms with E-state index in [1.54, 1.807) is 18.2 Å². The zero-order valence-corrected chi connectivity index (χ0v) is 11.9. The van der Waals surface area contributed by atoms with Gasteiger partial charge in [-0.05, 0) is 24.3 Å². The number of hydrogen-bond acceptors (Lipinski definition) is 3. The van der Waals surface area contributed by atoms with Gasteiger partial charge in [0.25, 0.3) is 0 Å². The standard InChI is InChI=1S/C13H15BrN2O3/c1-2-7-16(9-13(18)19)8-12(17)15-11-5-3-10(14)4-6-11/h2-6H,1,7-9H2,(H,15,17)(H,18,19). The Morgan fingerprint density at radius 2 is 1.95 bits per heavy atom. The molecule has 0 unspecified atom stereocenters. The largest absolute Gasteiger partial charge is 0.480 e. The van der Waals surface area contributed by atoms with Crippen LogP contribution in [0.25, 0.3) is 0 Å². The number of carbonyl (C=O) groups is 2. The molecule has 0 aliphatic heterocycles. The number of carboxylic acids is 1. The normalized spacial score (nSPS) is 10.2. The van der Waals surface area contributed by atoms with E-state index in [-0.39, 0.29) is 19.0 Å². The van der Waals surface area contributed by atoms with Crippen LogP contribution in [0.4, 0.5) is 5.69 Å². The topological polar surface area (TPSA) is 69.6 Å². The molecule has 1 aromatic rings. The summed E-state index contributed by atoms with van der Waals surface area (Å²) in [6.07, 6.45) is 1.57. The molecule has 102 valence electrons. The number of carbonyl (C=O) groups excluding carboxylic acids is 1. The van der Waals surface area contributed by atoms with Crippen molar-refractivity contribution in [3.05, 3.63) is 41.4 Å². The van der Waals surface area contributed by atoms with Gasteiger partial charge < -0.3 is 10.4 Å². The molecule has 1 amide bonds. The smallest absolute Gasteiger partial charge is 0.317 e. The Bertz CT molecular complexity index is 459. The highest BCUT2D eigenvalue weighted by Gasteiger charge is 2.12. The van der Waals surface area contributed by atoms with Gasteiger partial charge in [0, 0.05) is 16.7 Å². The SMILES string of the molecule is C=CCN(CC(=O)O)CC(=O)Nc1ccc(Br)cc1. The third-order valence-electron chi connectivity index (χ3n) is 2.24. The summed E-state index contributed by atoms with van der Waals surface area (Å²) in [5, 5.41) is 11.4. The van der Waals surface area contributed by atoms with Crippen LogP contribution in [0.5, 0.6) is 0 Å². The van der Waals surface area contributed by atoms with Crippen LogP contribution in [-0.2, 0) is 9.59 Å². The van der Waals surface area contributed by atoms with Gasteiger partial charge in [-0.2, -0.15) is 0 Å². The Morgan fingerprint density at radius 1 is 1.32 bits per heavy atom. The lowest BCUT2D eigenvalue weighted by Crippen LogP contribution is -2.36. The van der Waals surface area contributed by atoms with Crippen LogP contribution in [0.15, 0.2) is 41.4 Å². The zero-order chi connectivity index (χ0) is 14.3. The number of amides is 1. The van der Waals surface area contributed by atoms with Gasteiger partial charge in [0.05, 0.1) is 13.1 Å². The van der Waals surface area contributed by atoms with Crippen LogP contribution in [0.3, 0.4) is 0 Å². The third kappa shape index (κ3) is 6.17. The summed E-state index contributed by atoms with van der Waals surface area (Å²) in [6, 6.07) is 7.15. The zero-order valence-electron chi connectivity index (χ0n) is 10.3. The molecule has 0 aromatic heterocycles. The summed E-state index contributed by atoms with van der Waals surface area (Å²) in [6.45, 7) is 3.70. The summed E-state index contributed by atoms with van der Waals surface area (Å²) in [5.74, 6) is -1.23. The van der Waals surface area contributed by atoms with Crippen LogP contribution >= 0.6 is 15.9 Å². The number of carboxylic acid groups (broad SMARTS) is 1. The van der Waals surface area contributed by atoms with Crippen LogP contribution in [-0.4, -0.2) is 41.5 Å². The number of hydrogen-bond donors (Lipinski definition) is 2. The number of rotatable bonds is 7. The molecule has 0 radical (unpaired) electrons. The highest BCUT2D eigenvalue weighted by Crippen LogP contribution is 2.13. The second-order valence-corrected chi connectivity index (χ2v) is 4.82. The van der Waals surface area contributed by atoms with Crippen molar-refractivity contribution in [3.8, 4) is 0 Å². The Balaban J connectivity index is 2.54. The fourth-order valence-corrected chi connectivity index (χ4v) is 1.76. The summed E-state index contributed by atoms with van der Waals surface area (Å²) >= 11 is 3.30. The maximum Gasteiger partial charge on any atom is 0.317 e. The highest BCUT2D eigenvalue weighted by molar-refractivity contribution is 9.10. The van der Waals surface area contributed by atoms with Gasteiger partial charge in [0.1, 0.15) is 0 Å². The van der Waals surface area contributed by atoms with Crippen molar-refractivity contribution in [1.29, 1.82) is 0 Å². The van der Waals surface area contributed by atoms with Gasteiger partial charge in [0.2, 0.25) is 5.91 Å². The number of aliphatic carboxylic acids is 1. The van der Waals surface area contributed by atoms with Gasteiger partial charge in [-0.1, -0.05) is 22.0 Å². The Labute approximate surface area is 120 Å². The van der Waals surface area contributed by atoms with Crippen LogP contribution in [0.2, 0.25) is 0 Å². The van der Waals surface area contributed by atoms with Crippen molar-refractivity contribution in [2.45, 2.75) is 0 Å². The van der Waals surface area contributed by atoms with Crippen LogP contribution < -0.4 is 5.32 Å². The summed E-state index contributed by atoms with van der Waals surface area (Å²) in [7, 11) is 0. The maximum atomic E-state index is 11.8. The molecule has 5 nitrogen and oxygen atoms in total. The molecule has 2 N–H and O–H groups in total. The van der Waals surface area contributed by atoms with E-state index in [2.05, 4.69) is 27.8 Å². The van der Waals surface area contributed by atoms with Gasteiger partial charge in [0.15, 0.2) is 0 Å². The lowest BCUT2D eigenvalue weighted by atomic mass is 10.3. The summed E-state index contributed by atoms with van der Waals surface area (Å²) in [5.41, 5.74) is 0.669. The molecule has 1 rings (SSSR count). The van der Waals surface area contributed by atoms with Gasteiger partial charge in [-0.15, -0.1) is 6.58 Å². The molecule has 0 saturated carbocycles. The molecule has 0 aliphatic carbocycles. The molecular formula is C13H15BrN2O3. The van der Waals surface area contributed by atoms with Crippen molar-refractivity contribution in [2.75, 3.05) is 25.0 Å². The molecule has 0 atom stereocenters. The molecule has 0 heterocycles. The number of anilines is 1. The van der Waals surface area contributed by atoms with E-state index < -0.39 is 5.97 Å². The monoisotopic (exact) mass is 326 g/mol. The van der Waals surface area contributed by atoms with Crippen LogP contribution in [0, 0.1) is 0 Å². The molecule has 1 aromatic carbocycles. The predicted octanol–water partition coefficient (Wildman–Crippen LogP) is 1.96. The first kappa shape index (κ1) is 15.4. The average molecular weight is 327 g/mol. The fourth-order valence-electron chi connectivity index (χ4n) is 1.50. The minimum Gasteiger partial charge on any atom is -0.480 e. The van der Waals surface area contributed by atoms with E-state index >= 15 is 0 Å². The molecule has 0 bridgehead atoms. The molecule has 0 spiro atoms. The summed E-state index contributed by atoms with van der Waals surface area (Å²) < 4.78 is 0.921. The Morgan fingerprint density at radius 3 is 2.47 bits per heavy atom. The number of nitrogens with zero attached hydrogens (tertiary/aromatic N) is 1. The molecule has 6 heteroatoms. The van der Waals surface area contributed by atoms with Gasteiger partial charge in [-0.25, -0.2) is 0 Å². The van der Waals surface area contributed by atoms with E-state index in [0.29, 0.717) is 12.2 Å². The first-order valence-electron chi connectivity index (χ1n) is 5.61. The Kier molecular flexibility index (Phi) is 6.24. The molecule has 0 saturated heterocycles. The molecule has 0 aliphatic rings. The predicted molar refractivity (Wildman–Crippen MR) is 77.0 cm³/mol. The minimum atomic E-state index is -0.974. The van der Waals surface area contributed by atoms with Crippen molar-refractivity contribution in [3.63, 3.8) is 0 Å². The fraction of sp³-hybridized carbons (Fsp3) is 0.231. The van der Waals surface area contributed by atoms with Gasteiger partial charge in [-0.3, -0.25) is 14.5 Å². The number of halogens is 1. The first-order valence-corrected chi connectivity index (χ1v) is 6.41. The van der Waals surface area contributed by atoms with Crippen molar-refractivity contribution in [1.82, 2.24) is 4.90 Å². The second kappa shape index (κ2) is 7.70. The Hall–Kier alpha value is -1.66. The van der Waals surface area contributed by atoms with E-state index in [1.165, 1.54) is 4.90 Å². The van der Waals surface area contributed by atoms with E-state index in [1.807, 2.05) is 12.1 Å². The van der Waals surface area contributed by atoms with Crippen molar-refractivity contribution in [2.24, 2.45) is 0 Å². The lowest BCUT2D eigenvalue weighted by molar-refractivity contribution is -0.138. The number of nitrogens with one attached hydrogen (secondary N) is 1. The quantitative estimate of drug-likeness (QED) is 0.751. The number of benzene rings is 1. The third-order valence-corrected chi connectivity index (χ3v) is 2.77. The van der Waals surface area contributed by atoms with Crippen LogP contribution in [0.1, 0.15) is 0 Å². The van der Waals surface area contributed by atoms with Gasteiger partial charge >= 0.3 is 5.97 Å². The highest BCUT2D eigenvalue weighted by atomic mass is 79.9. The average Bonchev–Trinajstić information content (AvgIpc) is 2.31. The second-order valence-electron chi connectivity index (χ2n) is 3.91. The maximum absolute atomic E-state index is 11.8. The molecule has 0 fully saturated rings. The minimum absolute atomic E-state index is 0.00832. The molecule has 19 heavy (non-hydrogen) atoms. The van der Waals surface area contributed by atoms with E-state index in [4.69, 9.17) is 5.11 Å². The molecular weight excluding hydrogens is 312 g/mol. The van der Waals surface area contributed by atoms with E-state index in [9.17, 15) is 9.59 Å². The lowest BCUT2D eigenvalue weighted by Gasteiger charge is -2.17. The van der Waals surface area contributed by atoms with Crippen molar-refractivity contribution < 1.29 is 14.7 Å². The summed E-state index contributed by atoms with van der Waals surface area (Å²) in [4.78, 5) is 23.9. The first-order chi connectivity index (χ1) is 9.01. The van der Waals surface area contributed by atoms with Crippen molar-refractivity contribution >= 4 is 33.5 Å².